The van der Waals surface area contributed by atoms with Crippen molar-refractivity contribution >= 4 is 11.6 Å². The lowest BCUT2D eigenvalue weighted by atomic mass is 10.0. The summed E-state index contributed by atoms with van der Waals surface area (Å²) >= 11 is 5.98. The topological polar surface area (TPSA) is 15.3 Å². The molecule has 0 radical (unpaired) electrons. The van der Waals surface area contributed by atoms with Crippen molar-refractivity contribution in [1.29, 1.82) is 0 Å². The monoisotopic (exact) mass is 314 g/mol. The molecular weight excluding hydrogens is 292 g/mol. The molecule has 2 aromatic rings. The minimum absolute atomic E-state index is 0.538. The summed E-state index contributed by atoms with van der Waals surface area (Å²) in [6, 6.07) is 17.7. The zero-order valence-corrected chi connectivity index (χ0v) is 13.8. The molecule has 1 unspecified atom stereocenters. The summed E-state index contributed by atoms with van der Waals surface area (Å²) in [5.74, 6) is 0. The van der Waals surface area contributed by atoms with Crippen molar-refractivity contribution in [2.24, 2.45) is 0 Å². The SMILES string of the molecule is Cc1ccc(CN2CCNCC2Cc2ccc(Cl)cc2)cc1. The molecule has 0 aromatic heterocycles. The maximum atomic E-state index is 5.98. The molecule has 22 heavy (non-hydrogen) atoms. The van der Waals surface area contributed by atoms with Gasteiger partial charge >= 0.3 is 0 Å². The van der Waals surface area contributed by atoms with Gasteiger partial charge in [-0.25, -0.2) is 0 Å². The molecule has 1 atom stereocenters. The van der Waals surface area contributed by atoms with Gasteiger partial charge in [-0.1, -0.05) is 53.6 Å². The van der Waals surface area contributed by atoms with Crippen LogP contribution in [0.5, 0.6) is 0 Å². The molecule has 3 rings (SSSR count). The molecule has 0 amide bonds. The van der Waals surface area contributed by atoms with Crippen molar-refractivity contribution in [2.45, 2.75) is 25.9 Å². The van der Waals surface area contributed by atoms with Crippen LogP contribution in [0.25, 0.3) is 0 Å². The van der Waals surface area contributed by atoms with E-state index in [-0.39, 0.29) is 0 Å². The number of nitrogens with zero attached hydrogens (tertiary/aromatic N) is 1. The van der Waals surface area contributed by atoms with E-state index in [9.17, 15) is 0 Å². The molecular formula is C19H23ClN2. The van der Waals surface area contributed by atoms with Gasteiger partial charge in [0.2, 0.25) is 0 Å². The fourth-order valence-corrected chi connectivity index (χ4v) is 3.16. The lowest BCUT2D eigenvalue weighted by Gasteiger charge is -2.36. The molecule has 116 valence electrons. The second-order valence-electron chi connectivity index (χ2n) is 6.14. The number of rotatable bonds is 4. The van der Waals surface area contributed by atoms with E-state index in [2.05, 4.69) is 53.5 Å². The smallest absolute Gasteiger partial charge is 0.0406 e. The molecule has 2 aromatic carbocycles. The molecule has 1 aliphatic rings. The van der Waals surface area contributed by atoms with Gasteiger partial charge in [0.25, 0.3) is 0 Å². The Bertz CT molecular complexity index is 536. The summed E-state index contributed by atoms with van der Waals surface area (Å²) in [5, 5.41) is 4.33. The van der Waals surface area contributed by atoms with Crippen LogP contribution in [0.2, 0.25) is 5.02 Å². The van der Waals surface area contributed by atoms with Crippen molar-refractivity contribution in [3.63, 3.8) is 0 Å². The molecule has 1 saturated heterocycles. The summed E-state index contributed by atoms with van der Waals surface area (Å²) in [6.07, 6.45) is 1.07. The van der Waals surface area contributed by atoms with E-state index < -0.39 is 0 Å². The second-order valence-corrected chi connectivity index (χ2v) is 6.58. The number of benzene rings is 2. The Balaban J connectivity index is 1.68. The van der Waals surface area contributed by atoms with Crippen LogP contribution in [0.3, 0.4) is 0 Å². The van der Waals surface area contributed by atoms with Crippen LogP contribution in [0.1, 0.15) is 16.7 Å². The molecule has 1 N–H and O–H groups in total. The van der Waals surface area contributed by atoms with E-state index in [1.807, 2.05) is 12.1 Å². The maximum Gasteiger partial charge on any atom is 0.0406 e. The molecule has 0 bridgehead atoms. The lowest BCUT2D eigenvalue weighted by Crippen LogP contribution is -2.51. The quantitative estimate of drug-likeness (QED) is 0.926. The molecule has 1 fully saturated rings. The Kier molecular flexibility index (Phi) is 5.14. The fourth-order valence-electron chi connectivity index (χ4n) is 3.03. The van der Waals surface area contributed by atoms with Crippen molar-refractivity contribution in [3.8, 4) is 0 Å². The lowest BCUT2D eigenvalue weighted by molar-refractivity contribution is 0.152. The first kappa shape index (κ1) is 15.5. The van der Waals surface area contributed by atoms with Gasteiger partial charge in [0.05, 0.1) is 0 Å². The number of nitrogens with one attached hydrogen (secondary N) is 1. The molecule has 3 heteroatoms. The van der Waals surface area contributed by atoms with E-state index >= 15 is 0 Å². The Morgan fingerprint density at radius 2 is 1.73 bits per heavy atom. The average Bonchev–Trinajstić information content (AvgIpc) is 2.54. The predicted octanol–water partition coefficient (Wildman–Crippen LogP) is 3.66. The van der Waals surface area contributed by atoms with Crippen LogP contribution in [0, 0.1) is 6.92 Å². The molecule has 1 aliphatic heterocycles. The Labute approximate surface area is 138 Å². The van der Waals surface area contributed by atoms with E-state index in [1.54, 1.807) is 0 Å². The molecule has 0 saturated carbocycles. The van der Waals surface area contributed by atoms with Crippen LogP contribution in [-0.4, -0.2) is 30.6 Å². The van der Waals surface area contributed by atoms with Gasteiger partial charge in [-0.2, -0.15) is 0 Å². The second kappa shape index (κ2) is 7.28. The molecule has 2 nitrogen and oxygen atoms in total. The fraction of sp³-hybridized carbons (Fsp3) is 0.368. The number of halogens is 1. The standard InChI is InChI=1S/C19H23ClN2/c1-15-2-4-17(5-3-15)14-22-11-10-21-13-19(22)12-16-6-8-18(20)9-7-16/h2-9,19,21H,10-14H2,1H3. The summed E-state index contributed by atoms with van der Waals surface area (Å²) in [7, 11) is 0. The maximum absolute atomic E-state index is 5.98. The third-order valence-electron chi connectivity index (χ3n) is 4.36. The summed E-state index contributed by atoms with van der Waals surface area (Å²) in [5.41, 5.74) is 4.07. The van der Waals surface area contributed by atoms with Gasteiger partial charge in [0.1, 0.15) is 0 Å². The molecule has 1 heterocycles. The van der Waals surface area contributed by atoms with Crippen LogP contribution >= 0.6 is 11.6 Å². The van der Waals surface area contributed by atoms with Crippen molar-refractivity contribution in [2.75, 3.05) is 19.6 Å². The zero-order valence-electron chi connectivity index (χ0n) is 13.1. The summed E-state index contributed by atoms with van der Waals surface area (Å²) < 4.78 is 0. The Morgan fingerprint density at radius 1 is 1.05 bits per heavy atom. The summed E-state index contributed by atoms with van der Waals surface area (Å²) in [6.45, 7) is 6.39. The highest BCUT2D eigenvalue weighted by Crippen LogP contribution is 2.17. The first-order valence-electron chi connectivity index (χ1n) is 7.95. The minimum atomic E-state index is 0.538. The van der Waals surface area contributed by atoms with Gasteiger partial charge in [0, 0.05) is 37.2 Å². The van der Waals surface area contributed by atoms with Crippen LogP contribution in [-0.2, 0) is 13.0 Å². The largest absolute Gasteiger partial charge is 0.314 e. The van der Waals surface area contributed by atoms with Crippen molar-refractivity contribution in [3.05, 3.63) is 70.2 Å². The average molecular weight is 315 g/mol. The van der Waals surface area contributed by atoms with Crippen LogP contribution < -0.4 is 5.32 Å². The van der Waals surface area contributed by atoms with Gasteiger partial charge in [-0.3, -0.25) is 4.90 Å². The first-order chi connectivity index (χ1) is 10.7. The highest BCUT2D eigenvalue weighted by Gasteiger charge is 2.22. The predicted molar refractivity (Wildman–Crippen MR) is 93.4 cm³/mol. The van der Waals surface area contributed by atoms with E-state index in [4.69, 9.17) is 11.6 Å². The van der Waals surface area contributed by atoms with E-state index in [0.29, 0.717) is 6.04 Å². The number of hydrogen-bond donors (Lipinski definition) is 1. The van der Waals surface area contributed by atoms with E-state index in [1.165, 1.54) is 16.7 Å². The summed E-state index contributed by atoms with van der Waals surface area (Å²) in [4.78, 5) is 2.59. The van der Waals surface area contributed by atoms with Crippen molar-refractivity contribution in [1.82, 2.24) is 10.2 Å². The van der Waals surface area contributed by atoms with Crippen molar-refractivity contribution < 1.29 is 0 Å². The van der Waals surface area contributed by atoms with Gasteiger partial charge in [-0.15, -0.1) is 0 Å². The minimum Gasteiger partial charge on any atom is -0.314 e. The van der Waals surface area contributed by atoms with Gasteiger partial charge in [0.15, 0.2) is 0 Å². The number of piperazine rings is 1. The number of hydrogen-bond acceptors (Lipinski definition) is 2. The number of aryl methyl sites for hydroxylation is 1. The molecule has 0 spiro atoms. The van der Waals surface area contributed by atoms with Gasteiger partial charge in [-0.05, 0) is 36.6 Å². The third-order valence-corrected chi connectivity index (χ3v) is 4.61. The third kappa shape index (κ3) is 4.10. The van der Waals surface area contributed by atoms with Gasteiger partial charge < -0.3 is 5.32 Å². The van der Waals surface area contributed by atoms with Crippen LogP contribution in [0.15, 0.2) is 48.5 Å². The zero-order chi connectivity index (χ0) is 15.4. The van der Waals surface area contributed by atoms with E-state index in [0.717, 1.165) is 37.6 Å². The highest BCUT2D eigenvalue weighted by atomic mass is 35.5. The Hall–Kier alpha value is -1.35. The normalized spacial score (nSPS) is 19.3. The Morgan fingerprint density at radius 3 is 2.45 bits per heavy atom. The highest BCUT2D eigenvalue weighted by molar-refractivity contribution is 6.30. The first-order valence-corrected chi connectivity index (χ1v) is 8.33. The molecule has 0 aliphatic carbocycles. The van der Waals surface area contributed by atoms with Crippen LogP contribution in [0.4, 0.5) is 0 Å².